The first-order valence-corrected chi connectivity index (χ1v) is 9.46. The minimum Gasteiger partial charge on any atom is -0.456 e. The number of hydrogen-bond donors (Lipinski definition) is 0. The van der Waals surface area contributed by atoms with Gasteiger partial charge in [0.1, 0.15) is 11.3 Å². The first-order valence-electron chi connectivity index (χ1n) is 9.46. The van der Waals surface area contributed by atoms with Crippen molar-refractivity contribution >= 4 is 11.0 Å². The molecule has 1 saturated carbocycles. The molecule has 3 aromatic rings. The summed E-state index contributed by atoms with van der Waals surface area (Å²) in [6.07, 6.45) is 8.44. The zero-order valence-corrected chi connectivity index (χ0v) is 14.5. The summed E-state index contributed by atoms with van der Waals surface area (Å²) < 4.78 is 6.29. The van der Waals surface area contributed by atoms with Crippen LogP contribution in [-0.4, -0.2) is 0 Å². The van der Waals surface area contributed by atoms with E-state index in [1.807, 2.05) is 54.6 Å². The molecule has 0 radical (unpaired) electrons. The Morgan fingerprint density at radius 1 is 0.760 bits per heavy atom. The van der Waals surface area contributed by atoms with Gasteiger partial charge in [0.2, 0.25) is 0 Å². The molecule has 128 valence electrons. The van der Waals surface area contributed by atoms with E-state index in [-0.39, 0.29) is 5.43 Å². The van der Waals surface area contributed by atoms with E-state index in [0.29, 0.717) is 16.9 Å². The SMILES string of the molecule is O=c1c(C2CCCCCCC2)c(-c2ccccc2)oc2ccccc12. The van der Waals surface area contributed by atoms with Crippen LogP contribution < -0.4 is 5.43 Å². The van der Waals surface area contributed by atoms with E-state index in [9.17, 15) is 4.79 Å². The van der Waals surface area contributed by atoms with E-state index in [2.05, 4.69) is 0 Å². The second-order valence-electron chi connectivity index (χ2n) is 7.08. The molecule has 1 aliphatic carbocycles. The zero-order valence-electron chi connectivity index (χ0n) is 14.5. The molecule has 1 aliphatic rings. The van der Waals surface area contributed by atoms with Crippen LogP contribution in [0.25, 0.3) is 22.3 Å². The van der Waals surface area contributed by atoms with Gasteiger partial charge in [-0.3, -0.25) is 4.79 Å². The number of benzene rings is 2. The Hall–Kier alpha value is -2.35. The van der Waals surface area contributed by atoms with Crippen molar-refractivity contribution in [3.05, 3.63) is 70.4 Å². The van der Waals surface area contributed by atoms with E-state index in [0.717, 1.165) is 29.7 Å². The van der Waals surface area contributed by atoms with Gasteiger partial charge in [-0.2, -0.15) is 0 Å². The summed E-state index contributed by atoms with van der Waals surface area (Å²) in [5, 5.41) is 0.708. The Bertz CT molecular complexity index is 900. The lowest BCUT2D eigenvalue weighted by atomic mass is 9.84. The Morgan fingerprint density at radius 3 is 2.16 bits per heavy atom. The van der Waals surface area contributed by atoms with Gasteiger partial charge in [0.15, 0.2) is 5.43 Å². The van der Waals surface area contributed by atoms with Gasteiger partial charge in [0, 0.05) is 11.1 Å². The van der Waals surface area contributed by atoms with Gasteiger partial charge in [0.25, 0.3) is 0 Å². The van der Waals surface area contributed by atoms with Crippen LogP contribution in [0, 0.1) is 0 Å². The first kappa shape index (κ1) is 16.1. The maximum Gasteiger partial charge on any atom is 0.196 e. The van der Waals surface area contributed by atoms with Gasteiger partial charge in [-0.05, 0) is 30.9 Å². The molecule has 0 saturated heterocycles. The third kappa shape index (κ3) is 3.26. The van der Waals surface area contributed by atoms with Crippen molar-refractivity contribution in [2.24, 2.45) is 0 Å². The molecular formula is C23H24O2. The topological polar surface area (TPSA) is 30.2 Å². The molecule has 0 bridgehead atoms. The van der Waals surface area contributed by atoms with Gasteiger partial charge in [-0.25, -0.2) is 0 Å². The highest BCUT2D eigenvalue weighted by molar-refractivity contribution is 5.80. The average molecular weight is 332 g/mol. The van der Waals surface area contributed by atoms with Gasteiger partial charge in [-0.15, -0.1) is 0 Å². The van der Waals surface area contributed by atoms with Crippen molar-refractivity contribution < 1.29 is 4.42 Å². The smallest absolute Gasteiger partial charge is 0.196 e. The highest BCUT2D eigenvalue weighted by Crippen LogP contribution is 2.36. The van der Waals surface area contributed by atoms with Gasteiger partial charge in [-0.1, -0.05) is 74.6 Å². The summed E-state index contributed by atoms with van der Waals surface area (Å²) in [5.74, 6) is 1.08. The minimum absolute atomic E-state index is 0.159. The molecule has 1 aromatic heterocycles. The van der Waals surface area contributed by atoms with Crippen molar-refractivity contribution in [3.63, 3.8) is 0 Å². The summed E-state index contributed by atoms with van der Waals surface area (Å²) in [7, 11) is 0. The van der Waals surface area contributed by atoms with E-state index in [4.69, 9.17) is 4.42 Å². The Labute approximate surface area is 148 Å². The van der Waals surface area contributed by atoms with E-state index in [1.165, 1.54) is 32.1 Å². The summed E-state index contributed by atoms with van der Waals surface area (Å²) in [6.45, 7) is 0. The molecule has 2 aromatic carbocycles. The maximum atomic E-state index is 13.4. The fraction of sp³-hybridized carbons (Fsp3) is 0.348. The molecule has 0 amide bonds. The number of rotatable bonds is 2. The minimum atomic E-state index is 0.159. The molecule has 0 spiro atoms. The van der Waals surface area contributed by atoms with Crippen molar-refractivity contribution in [1.82, 2.24) is 0 Å². The van der Waals surface area contributed by atoms with E-state index >= 15 is 0 Å². The predicted octanol–water partition coefficient (Wildman–Crippen LogP) is 6.29. The van der Waals surface area contributed by atoms with Crippen LogP contribution in [0.1, 0.15) is 56.4 Å². The van der Waals surface area contributed by atoms with Crippen molar-refractivity contribution in [1.29, 1.82) is 0 Å². The number of hydrogen-bond acceptors (Lipinski definition) is 2. The monoisotopic (exact) mass is 332 g/mol. The Balaban J connectivity index is 1.93. The van der Waals surface area contributed by atoms with Crippen LogP contribution in [0.3, 0.4) is 0 Å². The van der Waals surface area contributed by atoms with Crippen LogP contribution in [0.15, 0.2) is 63.8 Å². The van der Waals surface area contributed by atoms with Crippen LogP contribution in [-0.2, 0) is 0 Å². The molecule has 0 aliphatic heterocycles. The van der Waals surface area contributed by atoms with Gasteiger partial charge >= 0.3 is 0 Å². The van der Waals surface area contributed by atoms with Crippen molar-refractivity contribution in [2.75, 3.05) is 0 Å². The number of fused-ring (bicyclic) bond motifs is 1. The number of para-hydroxylation sites is 1. The van der Waals surface area contributed by atoms with Gasteiger partial charge in [0.05, 0.1) is 5.39 Å². The van der Waals surface area contributed by atoms with Crippen LogP contribution in [0.5, 0.6) is 0 Å². The molecule has 4 rings (SSSR count). The summed E-state index contributed by atoms with van der Waals surface area (Å²) in [6, 6.07) is 17.7. The molecule has 0 unspecified atom stereocenters. The summed E-state index contributed by atoms with van der Waals surface area (Å²) in [5.41, 5.74) is 2.74. The second-order valence-corrected chi connectivity index (χ2v) is 7.08. The summed E-state index contributed by atoms with van der Waals surface area (Å²) in [4.78, 5) is 13.4. The van der Waals surface area contributed by atoms with Crippen LogP contribution in [0.2, 0.25) is 0 Å². The van der Waals surface area contributed by atoms with Crippen molar-refractivity contribution in [2.45, 2.75) is 50.9 Å². The third-order valence-electron chi connectivity index (χ3n) is 5.38. The molecule has 25 heavy (non-hydrogen) atoms. The zero-order chi connectivity index (χ0) is 17.1. The van der Waals surface area contributed by atoms with Crippen LogP contribution in [0.4, 0.5) is 0 Å². The molecule has 2 heteroatoms. The van der Waals surface area contributed by atoms with E-state index in [1.54, 1.807) is 0 Å². The Morgan fingerprint density at radius 2 is 1.40 bits per heavy atom. The molecule has 0 N–H and O–H groups in total. The highest BCUT2D eigenvalue weighted by Gasteiger charge is 2.24. The lowest BCUT2D eigenvalue weighted by Crippen LogP contribution is -2.17. The molecular weight excluding hydrogens is 308 g/mol. The largest absolute Gasteiger partial charge is 0.456 e. The van der Waals surface area contributed by atoms with Crippen LogP contribution >= 0.6 is 0 Å². The molecule has 0 atom stereocenters. The quantitative estimate of drug-likeness (QED) is 0.552. The fourth-order valence-corrected chi connectivity index (χ4v) is 4.08. The highest BCUT2D eigenvalue weighted by atomic mass is 16.3. The predicted molar refractivity (Wildman–Crippen MR) is 103 cm³/mol. The molecule has 2 nitrogen and oxygen atoms in total. The second kappa shape index (κ2) is 7.26. The van der Waals surface area contributed by atoms with Gasteiger partial charge < -0.3 is 4.42 Å². The lowest BCUT2D eigenvalue weighted by Gasteiger charge is -2.22. The standard InChI is InChI=1S/C23H24O2/c24-22-19-15-9-10-16-20(19)25-23(18-13-7-4-8-14-18)21(22)17-11-5-2-1-3-6-12-17/h4,7-10,13-17H,1-3,5-6,11-12H2. The third-order valence-corrected chi connectivity index (χ3v) is 5.38. The average Bonchev–Trinajstić information content (AvgIpc) is 2.63. The van der Waals surface area contributed by atoms with Crippen molar-refractivity contribution in [3.8, 4) is 11.3 Å². The normalized spacial score (nSPS) is 16.5. The lowest BCUT2D eigenvalue weighted by molar-refractivity contribution is 0.448. The molecule has 1 fully saturated rings. The Kier molecular flexibility index (Phi) is 4.69. The maximum absolute atomic E-state index is 13.4. The first-order chi connectivity index (χ1) is 12.3. The molecule has 1 heterocycles. The summed E-state index contributed by atoms with van der Waals surface area (Å²) >= 11 is 0. The fourth-order valence-electron chi connectivity index (χ4n) is 4.08. The van der Waals surface area contributed by atoms with E-state index < -0.39 is 0 Å².